The highest BCUT2D eigenvalue weighted by Crippen LogP contribution is 2.19. The lowest BCUT2D eigenvalue weighted by molar-refractivity contribution is -0.115. The molecule has 0 saturated carbocycles. The van der Waals surface area contributed by atoms with Gasteiger partial charge in [-0.1, -0.05) is 51.2 Å². The van der Waals surface area contributed by atoms with Crippen molar-refractivity contribution in [2.24, 2.45) is 5.41 Å². The number of nitrogens with one attached hydrogen (secondary N) is 1. The van der Waals surface area contributed by atoms with Gasteiger partial charge in [0.1, 0.15) is 0 Å². The molecule has 0 amide bonds. The highest BCUT2D eigenvalue weighted by Gasteiger charge is 2.23. The van der Waals surface area contributed by atoms with E-state index in [1.807, 2.05) is 12.2 Å². The smallest absolute Gasteiger partial charge is 0.165 e. The first-order valence-corrected chi connectivity index (χ1v) is 7.04. The number of Topliss-reactive ketones (excluding diaryl/α,β-unsaturated/α-hetero) is 1. The van der Waals surface area contributed by atoms with E-state index in [-0.39, 0.29) is 23.8 Å². The summed E-state index contributed by atoms with van der Waals surface area (Å²) >= 11 is 5.19. The van der Waals surface area contributed by atoms with E-state index in [4.69, 9.17) is 12.2 Å². The standard InChI is InChI=1S/C15H23NO2S/c1-15(2,3)14(10-17)16-9-8-12(18)11-6-4-5-7-13(11)19/h4-6,14,16-17H,7-10H2,1-3H3. The molecule has 0 heterocycles. The molecule has 0 spiro atoms. The SMILES string of the molecule is CC(C)(C)C(CO)NCCC(=O)C1=CC=CCC1=S. The van der Waals surface area contributed by atoms with Crippen molar-refractivity contribution in [3.8, 4) is 0 Å². The van der Waals surface area contributed by atoms with Gasteiger partial charge < -0.3 is 10.4 Å². The van der Waals surface area contributed by atoms with Crippen LogP contribution in [-0.4, -0.2) is 34.9 Å². The molecular weight excluding hydrogens is 258 g/mol. The van der Waals surface area contributed by atoms with Crippen LogP contribution in [-0.2, 0) is 4.79 Å². The highest BCUT2D eigenvalue weighted by atomic mass is 32.1. The Morgan fingerprint density at radius 2 is 2.21 bits per heavy atom. The average molecular weight is 281 g/mol. The summed E-state index contributed by atoms with van der Waals surface area (Å²) in [6, 6.07) is -0.00696. The highest BCUT2D eigenvalue weighted by molar-refractivity contribution is 7.81. The van der Waals surface area contributed by atoms with Crippen LogP contribution in [0.3, 0.4) is 0 Å². The maximum absolute atomic E-state index is 12.0. The third kappa shape index (κ3) is 4.97. The average Bonchev–Trinajstić information content (AvgIpc) is 2.33. The zero-order valence-corrected chi connectivity index (χ0v) is 12.7. The van der Waals surface area contributed by atoms with E-state index in [9.17, 15) is 9.90 Å². The van der Waals surface area contributed by atoms with Gasteiger partial charge in [0.25, 0.3) is 0 Å². The van der Waals surface area contributed by atoms with Gasteiger partial charge in [0, 0.05) is 35.9 Å². The van der Waals surface area contributed by atoms with Crippen molar-refractivity contribution in [2.75, 3.05) is 13.2 Å². The second kappa shape index (κ2) is 7.08. The summed E-state index contributed by atoms with van der Waals surface area (Å²) in [4.78, 5) is 12.8. The summed E-state index contributed by atoms with van der Waals surface area (Å²) in [5.41, 5.74) is 0.635. The Labute approximate surface area is 120 Å². The monoisotopic (exact) mass is 281 g/mol. The Balaban J connectivity index is 2.45. The summed E-state index contributed by atoms with van der Waals surface area (Å²) in [6.45, 7) is 6.82. The largest absolute Gasteiger partial charge is 0.395 e. The van der Waals surface area contributed by atoms with Crippen LogP contribution in [0, 0.1) is 5.41 Å². The maximum atomic E-state index is 12.0. The minimum atomic E-state index is -0.0278. The summed E-state index contributed by atoms with van der Waals surface area (Å²) < 4.78 is 0. The Morgan fingerprint density at radius 3 is 2.74 bits per heavy atom. The van der Waals surface area contributed by atoms with E-state index in [0.717, 1.165) is 4.86 Å². The lowest BCUT2D eigenvalue weighted by Gasteiger charge is -2.30. The number of aliphatic hydroxyl groups is 1. The van der Waals surface area contributed by atoms with Crippen LogP contribution in [0.4, 0.5) is 0 Å². The van der Waals surface area contributed by atoms with Crippen molar-refractivity contribution >= 4 is 22.9 Å². The van der Waals surface area contributed by atoms with Crippen molar-refractivity contribution in [3.63, 3.8) is 0 Å². The van der Waals surface area contributed by atoms with Gasteiger partial charge in [-0.25, -0.2) is 0 Å². The molecule has 0 fully saturated rings. The third-order valence-corrected chi connectivity index (χ3v) is 3.66. The zero-order valence-electron chi connectivity index (χ0n) is 11.9. The molecular formula is C15H23NO2S. The number of thiocarbonyl (C=S) groups is 1. The van der Waals surface area contributed by atoms with Gasteiger partial charge in [0.15, 0.2) is 5.78 Å². The van der Waals surface area contributed by atoms with Crippen molar-refractivity contribution in [1.29, 1.82) is 0 Å². The zero-order chi connectivity index (χ0) is 14.5. The molecule has 0 radical (unpaired) electrons. The normalized spacial score (nSPS) is 17.3. The molecule has 1 rings (SSSR count). The molecule has 3 nitrogen and oxygen atoms in total. The van der Waals surface area contributed by atoms with E-state index in [0.29, 0.717) is 25.0 Å². The number of hydrogen-bond acceptors (Lipinski definition) is 4. The van der Waals surface area contributed by atoms with Crippen LogP contribution < -0.4 is 5.32 Å². The fraction of sp³-hybridized carbons (Fsp3) is 0.600. The van der Waals surface area contributed by atoms with Crippen molar-refractivity contribution < 1.29 is 9.90 Å². The van der Waals surface area contributed by atoms with Gasteiger partial charge in [-0.3, -0.25) is 4.79 Å². The summed E-state index contributed by atoms with van der Waals surface area (Å²) in [5, 5.41) is 12.6. The van der Waals surface area contributed by atoms with Crippen molar-refractivity contribution in [3.05, 3.63) is 23.8 Å². The molecule has 0 aromatic carbocycles. The summed E-state index contributed by atoms with van der Waals surface area (Å²) in [7, 11) is 0. The lowest BCUT2D eigenvalue weighted by atomic mass is 9.87. The van der Waals surface area contributed by atoms with Crippen LogP contribution in [0.2, 0.25) is 0 Å². The van der Waals surface area contributed by atoms with Gasteiger partial charge >= 0.3 is 0 Å². The van der Waals surface area contributed by atoms with Gasteiger partial charge in [0.05, 0.1) is 6.61 Å². The van der Waals surface area contributed by atoms with Crippen molar-refractivity contribution in [2.45, 2.75) is 39.7 Å². The third-order valence-electron chi connectivity index (χ3n) is 3.27. The number of rotatable bonds is 6. The molecule has 1 unspecified atom stereocenters. The molecule has 0 aromatic heterocycles. The first kappa shape index (κ1) is 16.2. The minimum Gasteiger partial charge on any atom is -0.395 e. The number of hydrogen-bond donors (Lipinski definition) is 2. The molecule has 0 bridgehead atoms. The second-order valence-corrected chi connectivity index (χ2v) is 6.36. The van der Waals surface area contributed by atoms with E-state index < -0.39 is 0 Å². The fourth-order valence-electron chi connectivity index (χ4n) is 1.93. The quantitative estimate of drug-likeness (QED) is 0.733. The minimum absolute atomic E-state index is 0.00696. The fourth-order valence-corrected chi connectivity index (χ4v) is 2.21. The van der Waals surface area contributed by atoms with Crippen LogP contribution in [0.1, 0.15) is 33.6 Å². The van der Waals surface area contributed by atoms with Crippen LogP contribution in [0.25, 0.3) is 0 Å². The molecule has 19 heavy (non-hydrogen) atoms. The van der Waals surface area contributed by atoms with Gasteiger partial charge in [-0.2, -0.15) is 0 Å². The lowest BCUT2D eigenvalue weighted by Crippen LogP contribution is -2.44. The van der Waals surface area contributed by atoms with E-state index in [1.165, 1.54) is 0 Å². The van der Waals surface area contributed by atoms with E-state index in [1.54, 1.807) is 6.08 Å². The first-order valence-electron chi connectivity index (χ1n) is 6.63. The van der Waals surface area contributed by atoms with Gasteiger partial charge in [-0.05, 0) is 5.41 Å². The Hall–Kier alpha value is -0.840. The number of carbonyl (C=O) groups is 1. The molecule has 2 N–H and O–H groups in total. The van der Waals surface area contributed by atoms with E-state index in [2.05, 4.69) is 26.1 Å². The number of aliphatic hydroxyl groups excluding tert-OH is 1. The molecule has 1 aliphatic carbocycles. The molecule has 4 heteroatoms. The van der Waals surface area contributed by atoms with Gasteiger partial charge in [0.2, 0.25) is 0 Å². The first-order chi connectivity index (χ1) is 8.86. The summed E-state index contributed by atoms with van der Waals surface area (Å²) in [6.07, 6.45) is 6.72. The number of allylic oxidation sites excluding steroid dienone is 4. The molecule has 1 aliphatic rings. The predicted octanol–water partition coefficient (Wildman–Crippen LogP) is 2.20. The maximum Gasteiger partial charge on any atom is 0.165 e. The topological polar surface area (TPSA) is 49.3 Å². The number of ketones is 1. The van der Waals surface area contributed by atoms with Crippen LogP contribution >= 0.6 is 12.2 Å². The van der Waals surface area contributed by atoms with E-state index >= 15 is 0 Å². The molecule has 0 saturated heterocycles. The van der Waals surface area contributed by atoms with Crippen molar-refractivity contribution in [1.82, 2.24) is 5.32 Å². The molecule has 0 aromatic rings. The Bertz CT molecular complexity index is 405. The van der Waals surface area contributed by atoms with Crippen LogP contribution in [0.15, 0.2) is 23.8 Å². The molecule has 0 aliphatic heterocycles. The van der Waals surface area contributed by atoms with Crippen LogP contribution in [0.5, 0.6) is 0 Å². The second-order valence-electron chi connectivity index (χ2n) is 5.86. The van der Waals surface area contributed by atoms with Gasteiger partial charge in [-0.15, -0.1) is 0 Å². The number of carbonyl (C=O) groups excluding carboxylic acids is 1. The molecule has 1 atom stereocenters. The molecule has 106 valence electrons. The Kier molecular flexibility index (Phi) is 6.04. The summed E-state index contributed by atoms with van der Waals surface area (Å²) in [5.74, 6) is 0.0763. The predicted molar refractivity (Wildman–Crippen MR) is 82.4 cm³/mol. The Morgan fingerprint density at radius 1 is 1.53 bits per heavy atom.